The lowest BCUT2D eigenvalue weighted by molar-refractivity contribution is -0.139. The second kappa shape index (κ2) is 7.70. The Hall–Kier alpha value is -1.73. The van der Waals surface area contributed by atoms with Crippen molar-refractivity contribution >= 4 is 34.9 Å². The molecule has 1 unspecified atom stereocenters. The molecule has 124 valence electrons. The standard InChI is InChI=1S/C15H15ClF2N2O2S/c1-8-13(12(7-17)20-15(23)19-8)14(21)22-5-4-9-2-3-10(18)6-11(9)16/h2-3,6,12H,4-5,7H2,1H3,(H2,19,20,23). The molecule has 0 aliphatic carbocycles. The van der Waals surface area contributed by atoms with Crippen LogP contribution in [0.1, 0.15) is 12.5 Å². The highest BCUT2D eigenvalue weighted by atomic mass is 35.5. The third-order valence-corrected chi connectivity index (χ3v) is 3.92. The predicted octanol–water partition coefficient (Wildman–Crippen LogP) is 2.65. The predicted molar refractivity (Wildman–Crippen MR) is 87.4 cm³/mol. The van der Waals surface area contributed by atoms with Crippen LogP contribution in [-0.2, 0) is 16.0 Å². The van der Waals surface area contributed by atoms with E-state index in [0.29, 0.717) is 17.7 Å². The van der Waals surface area contributed by atoms with Gasteiger partial charge in [-0.1, -0.05) is 17.7 Å². The minimum atomic E-state index is -0.828. The van der Waals surface area contributed by atoms with Gasteiger partial charge in [-0.2, -0.15) is 0 Å². The van der Waals surface area contributed by atoms with Crippen LogP contribution in [0.5, 0.6) is 0 Å². The SMILES string of the molecule is CC1=C(C(=O)OCCc2ccc(F)cc2Cl)C(CF)NC(=S)N1. The first-order valence-electron chi connectivity index (χ1n) is 6.87. The summed E-state index contributed by atoms with van der Waals surface area (Å²) in [7, 11) is 0. The van der Waals surface area contributed by atoms with Gasteiger partial charge in [-0.25, -0.2) is 13.6 Å². The van der Waals surface area contributed by atoms with Crippen molar-refractivity contribution in [2.24, 2.45) is 0 Å². The first-order valence-corrected chi connectivity index (χ1v) is 7.66. The van der Waals surface area contributed by atoms with Gasteiger partial charge in [-0.05, 0) is 36.8 Å². The number of benzene rings is 1. The number of hydrogen-bond acceptors (Lipinski definition) is 3. The van der Waals surface area contributed by atoms with E-state index in [1.807, 2.05) is 0 Å². The van der Waals surface area contributed by atoms with Crippen molar-refractivity contribution < 1.29 is 18.3 Å². The van der Waals surface area contributed by atoms with Crippen LogP contribution in [0.15, 0.2) is 29.5 Å². The first-order chi connectivity index (χ1) is 10.9. The summed E-state index contributed by atoms with van der Waals surface area (Å²) in [5.41, 5.74) is 1.29. The quantitative estimate of drug-likeness (QED) is 0.624. The van der Waals surface area contributed by atoms with E-state index in [0.717, 1.165) is 0 Å². The lowest BCUT2D eigenvalue weighted by atomic mass is 10.0. The number of ether oxygens (including phenoxy) is 1. The molecule has 0 radical (unpaired) electrons. The number of rotatable bonds is 5. The number of hydrogen-bond donors (Lipinski definition) is 2. The number of carbonyl (C=O) groups is 1. The van der Waals surface area contributed by atoms with Gasteiger partial charge in [-0.3, -0.25) is 0 Å². The maximum Gasteiger partial charge on any atom is 0.337 e. The molecule has 1 aliphatic heterocycles. The van der Waals surface area contributed by atoms with Crippen LogP contribution in [0.2, 0.25) is 5.02 Å². The molecule has 2 N–H and O–H groups in total. The van der Waals surface area contributed by atoms with E-state index in [-0.39, 0.29) is 22.3 Å². The fourth-order valence-corrected chi connectivity index (χ4v) is 2.79. The lowest BCUT2D eigenvalue weighted by Crippen LogP contribution is -2.50. The molecule has 0 bridgehead atoms. The molecule has 4 nitrogen and oxygen atoms in total. The Balaban J connectivity index is 1.98. The fourth-order valence-electron chi connectivity index (χ4n) is 2.23. The third-order valence-electron chi connectivity index (χ3n) is 3.35. The molecule has 0 amide bonds. The van der Waals surface area contributed by atoms with Crippen LogP contribution >= 0.6 is 23.8 Å². The normalized spacial score (nSPS) is 17.6. The molecule has 2 rings (SSSR count). The third kappa shape index (κ3) is 4.39. The molecule has 0 saturated carbocycles. The summed E-state index contributed by atoms with van der Waals surface area (Å²) in [5.74, 6) is -1.07. The van der Waals surface area contributed by atoms with Crippen molar-refractivity contribution in [3.05, 3.63) is 45.9 Å². The Labute approximate surface area is 142 Å². The fraction of sp³-hybridized carbons (Fsp3) is 0.333. The van der Waals surface area contributed by atoms with Crippen LogP contribution in [0.4, 0.5) is 8.78 Å². The first kappa shape index (κ1) is 17.6. The molecular formula is C15H15ClF2N2O2S. The van der Waals surface area contributed by atoms with Gasteiger partial charge in [0.15, 0.2) is 5.11 Å². The van der Waals surface area contributed by atoms with Crippen molar-refractivity contribution in [2.45, 2.75) is 19.4 Å². The molecule has 1 heterocycles. The van der Waals surface area contributed by atoms with Gasteiger partial charge in [0.25, 0.3) is 0 Å². The monoisotopic (exact) mass is 360 g/mol. The summed E-state index contributed by atoms with van der Waals surface area (Å²) >= 11 is 10.8. The minimum absolute atomic E-state index is 0.0460. The molecular weight excluding hydrogens is 346 g/mol. The van der Waals surface area contributed by atoms with E-state index in [9.17, 15) is 13.6 Å². The lowest BCUT2D eigenvalue weighted by Gasteiger charge is -2.27. The number of carbonyl (C=O) groups excluding carboxylic acids is 1. The van der Waals surface area contributed by atoms with E-state index in [1.165, 1.54) is 18.2 Å². The number of thiocarbonyl (C=S) groups is 1. The molecule has 0 spiro atoms. The average Bonchev–Trinajstić information content (AvgIpc) is 2.48. The second-order valence-corrected chi connectivity index (χ2v) is 5.78. The van der Waals surface area contributed by atoms with Crippen molar-refractivity contribution in [1.29, 1.82) is 0 Å². The summed E-state index contributed by atoms with van der Waals surface area (Å²) in [5, 5.41) is 5.97. The van der Waals surface area contributed by atoms with E-state index in [2.05, 4.69) is 10.6 Å². The van der Waals surface area contributed by atoms with Crippen LogP contribution in [0.25, 0.3) is 0 Å². The molecule has 1 aliphatic rings. The molecule has 0 fully saturated rings. The summed E-state index contributed by atoms with van der Waals surface area (Å²) in [6.07, 6.45) is 0.330. The number of nitrogens with one attached hydrogen (secondary N) is 2. The molecule has 23 heavy (non-hydrogen) atoms. The molecule has 0 saturated heterocycles. The van der Waals surface area contributed by atoms with E-state index in [1.54, 1.807) is 6.92 Å². The number of alkyl halides is 1. The van der Waals surface area contributed by atoms with Gasteiger partial charge < -0.3 is 15.4 Å². The van der Waals surface area contributed by atoms with Crippen molar-refractivity contribution in [1.82, 2.24) is 10.6 Å². The smallest absolute Gasteiger partial charge is 0.337 e. The summed E-state index contributed by atoms with van der Waals surface area (Å²) in [6, 6.07) is 3.18. The van der Waals surface area contributed by atoms with Crippen molar-refractivity contribution in [3.63, 3.8) is 0 Å². The van der Waals surface area contributed by atoms with E-state index < -0.39 is 24.5 Å². The Kier molecular flexibility index (Phi) is 5.90. The highest BCUT2D eigenvalue weighted by Gasteiger charge is 2.29. The maximum atomic E-state index is 13.1. The summed E-state index contributed by atoms with van der Waals surface area (Å²) in [6.45, 7) is 0.890. The zero-order chi connectivity index (χ0) is 17.0. The number of allylic oxidation sites excluding steroid dienone is 1. The van der Waals surface area contributed by atoms with Crippen molar-refractivity contribution in [2.75, 3.05) is 13.3 Å². The Bertz CT molecular complexity index is 667. The van der Waals surface area contributed by atoms with Crippen molar-refractivity contribution in [3.8, 4) is 0 Å². The van der Waals surface area contributed by atoms with Gasteiger partial charge in [0.1, 0.15) is 12.5 Å². The average molecular weight is 361 g/mol. The zero-order valence-corrected chi connectivity index (χ0v) is 13.9. The molecule has 1 atom stereocenters. The molecule has 0 aromatic heterocycles. The van der Waals surface area contributed by atoms with Gasteiger partial charge in [-0.15, -0.1) is 0 Å². The Morgan fingerprint density at radius 3 is 2.87 bits per heavy atom. The highest BCUT2D eigenvalue weighted by Crippen LogP contribution is 2.19. The van der Waals surface area contributed by atoms with Crippen LogP contribution in [-0.4, -0.2) is 30.4 Å². The van der Waals surface area contributed by atoms with Gasteiger partial charge >= 0.3 is 5.97 Å². The second-order valence-electron chi connectivity index (χ2n) is 4.97. The van der Waals surface area contributed by atoms with Crippen LogP contribution in [0.3, 0.4) is 0 Å². The topological polar surface area (TPSA) is 50.4 Å². The van der Waals surface area contributed by atoms with Gasteiger partial charge in [0, 0.05) is 17.1 Å². The molecule has 8 heteroatoms. The van der Waals surface area contributed by atoms with Gasteiger partial charge in [0.2, 0.25) is 0 Å². The number of halogens is 3. The zero-order valence-electron chi connectivity index (χ0n) is 12.3. The minimum Gasteiger partial charge on any atom is -0.462 e. The van der Waals surface area contributed by atoms with E-state index >= 15 is 0 Å². The Morgan fingerprint density at radius 1 is 1.48 bits per heavy atom. The summed E-state index contributed by atoms with van der Waals surface area (Å²) < 4.78 is 31.2. The molecule has 1 aromatic rings. The largest absolute Gasteiger partial charge is 0.462 e. The van der Waals surface area contributed by atoms with Gasteiger partial charge in [0.05, 0.1) is 18.2 Å². The summed E-state index contributed by atoms with van der Waals surface area (Å²) in [4.78, 5) is 12.2. The Morgan fingerprint density at radius 2 is 2.22 bits per heavy atom. The van der Waals surface area contributed by atoms with E-state index in [4.69, 9.17) is 28.6 Å². The number of esters is 1. The van der Waals surface area contributed by atoms with Crippen LogP contribution in [0, 0.1) is 5.82 Å². The highest BCUT2D eigenvalue weighted by molar-refractivity contribution is 7.80. The maximum absolute atomic E-state index is 13.1. The van der Waals surface area contributed by atoms with Crippen LogP contribution < -0.4 is 10.6 Å². The molecule has 1 aromatic carbocycles.